The SMILES string of the molecule is CN(C)c1ccc2cc(C(=O)C(C)(C)O)ccc2c1. The molecule has 0 heterocycles. The van der Waals surface area contributed by atoms with E-state index < -0.39 is 5.60 Å². The molecule has 0 amide bonds. The highest BCUT2D eigenvalue weighted by molar-refractivity contribution is 6.04. The summed E-state index contributed by atoms with van der Waals surface area (Å²) >= 11 is 0. The maximum absolute atomic E-state index is 12.0. The Balaban J connectivity index is 2.48. The molecule has 2 aromatic carbocycles. The molecule has 1 N–H and O–H groups in total. The maximum Gasteiger partial charge on any atom is 0.193 e. The van der Waals surface area contributed by atoms with Crippen LogP contribution in [-0.2, 0) is 0 Å². The summed E-state index contributed by atoms with van der Waals surface area (Å²) in [5.74, 6) is -0.258. The third-order valence-corrected chi connectivity index (χ3v) is 3.16. The van der Waals surface area contributed by atoms with E-state index in [0.717, 1.165) is 16.5 Å². The molecule has 0 bridgehead atoms. The molecule has 0 aliphatic heterocycles. The Hall–Kier alpha value is -1.87. The standard InChI is InChI=1S/C16H19NO2/c1-16(2,19)15(18)13-6-5-12-10-14(17(3)4)8-7-11(12)9-13/h5-10,19H,1-4H3. The number of carbonyl (C=O) groups is 1. The molecular formula is C16H19NO2. The van der Waals surface area contributed by atoms with Crippen LogP contribution < -0.4 is 4.90 Å². The number of nitrogens with zero attached hydrogens (tertiary/aromatic N) is 1. The summed E-state index contributed by atoms with van der Waals surface area (Å²) in [6, 6.07) is 11.6. The molecule has 0 atom stereocenters. The number of aliphatic hydroxyl groups is 1. The van der Waals surface area contributed by atoms with E-state index in [1.165, 1.54) is 13.8 Å². The zero-order valence-electron chi connectivity index (χ0n) is 11.8. The number of ketones is 1. The molecule has 0 fully saturated rings. The van der Waals surface area contributed by atoms with Gasteiger partial charge in [-0.3, -0.25) is 4.79 Å². The van der Waals surface area contributed by atoms with E-state index in [2.05, 4.69) is 6.07 Å². The van der Waals surface area contributed by atoms with Crippen LogP contribution in [0.5, 0.6) is 0 Å². The lowest BCUT2D eigenvalue weighted by molar-refractivity contribution is 0.0488. The molecule has 0 aliphatic rings. The molecule has 0 unspecified atom stereocenters. The fraction of sp³-hybridized carbons (Fsp3) is 0.312. The molecule has 0 aromatic heterocycles. The minimum atomic E-state index is -1.34. The lowest BCUT2D eigenvalue weighted by Crippen LogP contribution is -2.30. The van der Waals surface area contributed by atoms with E-state index in [1.54, 1.807) is 6.07 Å². The summed E-state index contributed by atoms with van der Waals surface area (Å²) in [7, 11) is 3.99. The molecule has 2 aromatic rings. The van der Waals surface area contributed by atoms with E-state index in [9.17, 15) is 9.90 Å². The lowest BCUT2D eigenvalue weighted by Gasteiger charge is -2.16. The van der Waals surface area contributed by atoms with Gasteiger partial charge >= 0.3 is 0 Å². The van der Waals surface area contributed by atoms with Crippen molar-refractivity contribution >= 4 is 22.2 Å². The van der Waals surface area contributed by atoms with Crippen molar-refractivity contribution in [2.24, 2.45) is 0 Å². The third kappa shape index (κ3) is 2.76. The number of hydrogen-bond donors (Lipinski definition) is 1. The Bertz CT molecular complexity index is 624. The maximum atomic E-state index is 12.0. The van der Waals surface area contributed by atoms with Gasteiger partial charge in [-0.1, -0.05) is 18.2 Å². The van der Waals surface area contributed by atoms with E-state index in [1.807, 2.05) is 43.3 Å². The number of fused-ring (bicyclic) bond motifs is 1. The second kappa shape index (κ2) is 4.67. The Morgan fingerprint density at radius 2 is 1.63 bits per heavy atom. The first-order valence-electron chi connectivity index (χ1n) is 6.27. The fourth-order valence-corrected chi connectivity index (χ4v) is 2.01. The van der Waals surface area contributed by atoms with Crippen molar-refractivity contribution in [1.29, 1.82) is 0 Å². The number of Topliss-reactive ketones (excluding diaryl/α,β-unsaturated/α-hetero) is 1. The summed E-state index contributed by atoms with van der Waals surface area (Å²) in [6.07, 6.45) is 0. The van der Waals surface area contributed by atoms with Crippen LogP contribution in [0.3, 0.4) is 0 Å². The highest BCUT2D eigenvalue weighted by atomic mass is 16.3. The first-order chi connectivity index (χ1) is 8.79. The predicted molar refractivity (Wildman–Crippen MR) is 78.9 cm³/mol. The van der Waals surface area contributed by atoms with E-state index in [4.69, 9.17) is 0 Å². The normalized spacial score (nSPS) is 11.6. The number of hydrogen-bond acceptors (Lipinski definition) is 3. The van der Waals surface area contributed by atoms with Crippen molar-refractivity contribution in [3.63, 3.8) is 0 Å². The lowest BCUT2D eigenvalue weighted by atomic mass is 9.95. The summed E-state index contributed by atoms with van der Waals surface area (Å²) in [5, 5.41) is 11.9. The van der Waals surface area contributed by atoms with Crippen molar-refractivity contribution in [3.05, 3.63) is 42.0 Å². The Morgan fingerprint density at radius 3 is 2.21 bits per heavy atom. The predicted octanol–water partition coefficient (Wildman–Crippen LogP) is 2.86. The van der Waals surface area contributed by atoms with Crippen LogP contribution in [0, 0.1) is 0 Å². The molecule has 0 saturated carbocycles. The van der Waals surface area contributed by atoms with Crippen molar-refractivity contribution in [2.45, 2.75) is 19.4 Å². The van der Waals surface area contributed by atoms with Gasteiger partial charge in [0.05, 0.1) is 0 Å². The van der Waals surface area contributed by atoms with Gasteiger partial charge in [0.25, 0.3) is 0 Å². The van der Waals surface area contributed by atoms with Gasteiger partial charge in [-0.25, -0.2) is 0 Å². The molecule has 3 heteroatoms. The van der Waals surface area contributed by atoms with Crippen molar-refractivity contribution < 1.29 is 9.90 Å². The first-order valence-corrected chi connectivity index (χ1v) is 6.27. The van der Waals surface area contributed by atoms with E-state index in [0.29, 0.717) is 5.56 Å². The zero-order valence-corrected chi connectivity index (χ0v) is 11.8. The van der Waals surface area contributed by atoms with Gasteiger partial charge in [0.15, 0.2) is 5.78 Å². The first kappa shape index (κ1) is 13.6. The van der Waals surface area contributed by atoms with Gasteiger partial charge in [-0.15, -0.1) is 0 Å². The van der Waals surface area contributed by atoms with Gasteiger partial charge < -0.3 is 10.0 Å². The molecule has 100 valence electrons. The van der Waals surface area contributed by atoms with Crippen LogP contribution in [-0.4, -0.2) is 30.6 Å². The molecule has 2 rings (SSSR count). The second-order valence-electron chi connectivity index (χ2n) is 5.53. The van der Waals surface area contributed by atoms with Gasteiger partial charge in [0.2, 0.25) is 0 Å². The number of benzene rings is 2. The van der Waals surface area contributed by atoms with Gasteiger partial charge in [0, 0.05) is 25.3 Å². The van der Waals surface area contributed by atoms with Crippen LogP contribution in [0.4, 0.5) is 5.69 Å². The van der Waals surface area contributed by atoms with Crippen molar-refractivity contribution in [3.8, 4) is 0 Å². The Kier molecular flexibility index (Phi) is 3.33. The van der Waals surface area contributed by atoms with Crippen LogP contribution in [0.1, 0.15) is 24.2 Å². The third-order valence-electron chi connectivity index (χ3n) is 3.16. The Labute approximate surface area is 113 Å². The largest absolute Gasteiger partial charge is 0.382 e. The Morgan fingerprint density at radius 1 is 1.05 bits per heavy atom. The van der Waals surface area contributed by atoms with E-state index in [-0.39, 0.29) is 5.78 Å². The van der Waals surface area contributed by atoms with E-state index >= 15 is 0 Å². The number of rotatable bonds is 3. The fourth-order valence-electron chi connectivity index (χ4n) is 2.01. The number of carbonyl (C=O) groups excluding carboxylic acids is 1. The summed E-state index contributed by atoms with van der Waals surface area (Å²) in [5.41, 5.74) is 0.323. The minimum Gasteiger partial charge on any atom is -0.382 e. The van der Waals surface area contributed by atoms with Gasteiger partial charge in [0.1, 0.15) is 5.60 Å². The van der Waals surface area contributed by atoms with Crippen molar-refractivity contribution in [2.75, 3.05) is 19.0 Å². The zero-order chi connectivity index (χ0) is 14.2. The summed E-state index contributed by atoms with van der Waals surface area (Å²) in [6.45, 7) is 3.02. The average Bonchev–Trinajstić information content (AvgIpc) is 2.35. The van der Waals surface area contributed by atoms with Crippen LogP contribution >= 0.6 is 0 Å². The molecule has 19 heavy (non-hydrogen) atoms. The highest BCUT2D eigenvalue weighted by Gasteiger charge is 2.25. The van der Waals surface area contributed by atoms with Crippen LogP contribution in [0.15, 0.2) is 36.4 Å². The molecule has 0 saturated heterocycles. The molecule has 3 nitrogen and oxygen atoms in total. The number of anilines is 1. The monoisotopic (exact) mass is 257 g/mol. The van der Waals surface area contributed by atoms with Crippen LogP contribution in [0.2, 0.25) is 0 Å². The van der Waals surface area contributed by atoms with Gasteiger partial charge in [-0.05, 0) is 42.8 Å². The highest BCUT2D eigenvalue weighted by Crippen LogP contribution is 2.23. The second-order valence-corrected chi connectivity index (χ2v) is 5.53. The molecule has 0 spiro atoms. The summed E-state index contributed by atoms with van der Waals surface area (Å²) in [4.78, 5) is 14.1. The smallest absolute Gasteiger partial charge is 0.193 e. The quantitative estimate of drug-likeness (QED) is 0.860. The van der Waals surface area contributed by atoms with Crippen LogP contribution in [0.25, 0.3) is 10.8 Å². The van der Waals surface area contributed by atoms with Gasteiger partial charge in [-0.2, -0.15) is 0 Å². The molecule has 0 radical (unpaired) electrons. The average molecular weight is 257 g/mol. The van der Waals surface area contributed by atoms with Crippen molar-refractivity contribution in [1.82, 2.24) is 0 Å². The summed E-state index contributed by atoms with van der Waals surface area (Å²) < 4.78 is 0. The topological polar surface area (TPSA) is 40.5 Å². The minimum absolute atomic E-state index is 0.258. The molecular weight excluding hydrogens is 238 g/mol. The molecule has 0 aliphatic carbocycles.